The summed E-state index contributed by atoms with van der Waals surface area (Å²) in [6.07, 6.45) is 1.56. The van der Waals surface area contributed by atoms with Crippen LogP contribution in [0.4, 0.5) is 0 Å². The molecule has 0 saturated heterocycles. The van der Waals surface area contributed by atoms with Gasteiger partial charge in [-0.05, 0) is 54.4 Å². The average Bonchev–Trinajstić information content (AvgIpc) is 3.41. The zero-order valence-corrected chi connectivity index (χ0v) is 19.8. The normalized spacial score (nSPS) is 12.1. The molecule has 1 heterocycles. The first kappa shape index (κ1) is 24.1. The van der Waals surface area contributed by atoms with E-state index >= 15 is 0 Å². The number of carbonyl (C=O) groups is 2. The summed E-state index contributed by atoms with van der Waals surface area (Å²) >= 11 is 0. The second-order valence-electron chi connectivity index (χ2n) is 7.93. The van der Waals surface area contributed by atoms with Crippen LogP contribution in [-0.4, -0.2) is 20.1 Å². The summed E-state index contributed by atoms with van der Waals surface area (Å²) in [5, 5.41) is 2.99. The fraction of sp³-hybridized carbons (Fsp3) is 0.111. The molecule has 1 atom stereocenters. The second kappa shape index (κ2) is 10.5. The van der Waals surface area contributed by atoms with Crippen LogP contribution in [0, 0.1) is 0 Å². The predicted molar refractivity (Wildman–Crippen MR) is 131 cm³/mol. The van der Waals surface area contributed by atoms with E-state index in [2.05, 4.69) is 10.0 Å². The maximum Gasteiger partial charge on any atom is 0.252 e. The summed E-state index contributed by atoms with van der Waals surface area (Å²) < 4.78 is 33.2. The van der Waals surface area contributed by atoms with Gasteiger partial charge < -0.3 is 9.73 Å². The van der Waals surface area contributed by atoms with Crippen LogP contribution < -0.4 is 10.0 Å². The SMILES string of the molecule is CC(=O)c1ccc(S(=O)(=O)NCc2ccc(C(=O)NC(c3ccccc3)c3ccco3)cc2)cc1. The predicted octanol–water partition coefficient (Wildman–Crippen LogP) is 4.48. The molecule has 0 spiro atoms. The number of furan rings is 1. The van der Waals surface area contributed by atoms with Gasteiger partial charge in [-0.1, -0.05) is 54.6 Å². The Balaban J connectivity index is 1.41. The quantitative estimate of drug-likeness (QED) is 0.338. The van der Waals surface area contributed by atoms with Crippen LogP contribution in [-0.2, 0) is 16.6 Å². The molecule has 0 saturated carbocycles. The lowest BCUT2D eigenvalue weighted by Crippen LogP contribution is -2.29. The number of nitrogens with one attached hydrogen (secondary N) is 2. The first-order chi connectivity index (χ1) is 16.8. The summed E-state index contributed by atoms with van der Waals surface area (Å²) in [5.41, 5.74) is 2.46. The average molecular weight is 489 g/mol. The molecule has 7 nitrogen and oxygen atoms in total. The minimum Gasteiger partial charge on any atom is -0.467 e. The standard InChI is InChI=1S/C27H24N2O5S/c1-19(30)21-13-15-24(16-14-21)35(32,33)28-18-20-9-11-23(12-10-20)27(31)29-26(25-8-5-17-34-25)22-6-3-2-4-7-22/h2-17,26,28H,18H2,1H3,(H,29,31). The minimum absolute atomic E-state index is 0.0533. The number of benzene rings is 3. The second-order valence-corrected chi connectivity index (χ2v) is 9.70. The highest BCUT2D eigenvalue weighted by molar-refractivity contribution is 7.89. The van der Waals surface area contributed by atoms with Crippen molar-refractivity contribution in [2.75, 3.05) is 0 Å². The Labute approximate surface area is 203 Å². The molecule has 0 aliphatic heterocycles. The van der Waals surface area contributed by atoms with Gasteiger partial charge in [0, 0.05) is 17.7 Å². The number of Topliss-reactive ketones (excluding diaryl/α,β-unsaturated/α-hetero) is 1. The molecule has 0 aliphatic carbocycles. The van der Waals surface area contributed by atoms with Crippen molar-refractivity contribution in [2.45, 2.75) is 24.4 Å². The van der Waals surface area contributed by atoms with Crippen molar-refractivity contribution in [3.8, 4) is 0 Å². The summed E-state index contributed by atoms with van der Waals surface area (Å²) in [4.78, 5) is 24.4. The maximum absolute atomic E-state index is 12.9. The molecular formula is C27H24N2O5S. The largest absolute Gasteiger partial charge is 0.467 e. The molecule has 2 N–H and O–H groups in total. The third kappa shape index (κ3) is 5.92. The smallest absolute Gasteiger partial charge is 0.252 e. The Morgan fingerprint density at radius 3 is 2.09 bits per heavy atom. The fourth-order valence-corrected chi connectivity index (χ4v) is 4.56. The molecular weight excluding hydrogens is 464 g/mol. The number of amides is 1. The summed E-state index contributed by atoms with van der Waals surface area (Å²) in [6, 6.07) is 25.1. The molecule has 4 rings (SSSR count). The zero-order chi connectivity index (χ0) is 24.8. The van der Waals surface area contributed by atoms with Crippen LogP contribution in [0.25, 0.3) is 0 Å². The summed E-state index contributed by atoms with van der Waals surface area (Å²) in [6.45, 7) is 1.47. The first-order valence-corrected chi connectivity index (χ1v) is 12.4. The zero-order valence-electron chi connectivity index (χ0n) is 19.0. The lowest BCUT2D eigenvalue weighted by Gasteiger charge is -2.17. The van der Waals surface area contributed by atoms with E-state index in [9.17, 15) is 18.0 Å². The van der Waals surface area contributed by atoms with E-state index in [0.29, 0.717) is 22.5 Å². The molecule has 1 amide bonds. The Kier molecular flexibility index (Phi) is 7.24. The lowest BCUT2D eigenvalue weighted by atomic mass is 10.0. The van der Waals surface area contributed by atoms with Crippen molar-refractivity contribution < 1.29 is 22.4 Å². The Hall–Kier alpha value is -4.01. The van der Waals surface area contributed by atoms with Gasteiger partial charge in [0.25, 0.3) is 5.91 Å². The van der Waals surface area contributed by atoms with Gasteiger partial charge in [0.2, 0.25) is 10.0 Å². The van der Waals surface area contributed by atoms with Gasteiger partial charge in [0.15, 0.2) is 5.78 Å². The van der Waals surface area contributed by atoms with Crippen molar-refractivity contribution in [3.05, 3.63) is 125 Å². The van der Waals surface area contributed by atoms with E-state index < -0.39 is 16.1 Å². The van der Waals surface area contributed by atoms with E-state index in [4.69, 9.17) is 4.42 Å². The van der Waals surface area contributed by atoms with E-state index in [1.807, 2.05) is 30.3 Å². The van der Waals surface area contributed by atoms with E-state index in [1.54, 1.807) is 42.7 Å². The summed E-state index contributed by atoms with van der Waals surface area (Å²) in [7, 11) is -3.75. The van der Waals surface area contributed by atoms with Crippen LogP contribution in [0.1, 0.15) is 50.6 Å². The van der Waals surface area contributed by atoms with Gasteiger partial charge in [0.1, 0.15) is 11.8 Å². The number of sulfonamides is 1. The van der Waals surface area contributed by atoms with Gasteiger partial charge in [-0.25, -0.2) is 13.1 Å². The molecule has 8 heteroatoms. The Morgan fingerprint density at radius 1 is 0.829 bits per heavy atom. The first-order valence-electron chi connectivity index (χ1n) is 10.9. The van der Waals surface area contributed by atoms with Crippen molar-refractivity contribution in [1.29, 1.82) is 0 Å². The van der Waals surface area contributed by atoms with Crippen molar-refractivity contribution in [3.63, 3.8) is 0 Å². The maximum atomic E-state index is 12.9. The minimum atomic E-state index is -3.75. The summed E-state index contributed by atoms with van der Waals surface area (Å²) in [5.74, 6) is 0.199. The molecule has 4 aromatic rings. The third-order valence-corrected chi connectivity index (χ3v) is 6.91. The van der Waals surface area contributed by atoms with E-state index in [-0.39, 0.29) is 23.1 Å². The van der Waals surface area contributed by atoms with E-state index in [0.717, 1.165) is 5.56 Å². The van der Waals surface area contributed by atoms with Gasteiger partial charge >= 0.3 is 0 Å². The molecule has 1 aromatic heterocycles. The van der Waals surface area contributed by atoms with Gasteiger partial charge in [-0.15, -0.1) is 0 Å². The molecule has 3 aromatic carbocycles. The number of hydrogen-bond donors (Lipinski definition) is 2. The van der Waals surface area contributed by atoms with Gasteiger partial charge in [-0.3, -0.25) is 9.59 Å². The van der Waals surface area contributed by atoms with Crippen molar-refractivity contribution in [1.82, 2.24) is 10.0 Å². The van der Waals surface area contributed by atoms with Gasteiger partial charge in [-0.2, -0.15) is 0 Å². The number of rotatable bonds is 9. The van der Waals surface area contributed by atoms with Crippen LogP contribution in [0.15, 0.2) is 107 Å². The molecule has 0 aliphatic rings. The van der Waals surface area contributed by atoms with Crippen LogP contribution in [0.5, 0.6) is 0 Å². The van der Waals surface area contributed by atoms with E-state index in [1.165, 1.54) is 31.2 Å². The van der Waals surface area contributed by atoms with Crippen LogP contribution in [0.3, 0.4) is 0 Å². The van der Waals surface area contributed by atoms with Crippen LogP contribution >= 0.6 is 0 Å². The third-order valence-electron chi connectivity index (χ3n) is 5.49. The fourth-order valence-electron chi connectivity index (χ4n) is 3.54. The molecule has 35 heavy (non-hydrogen) atoms. The number of carbonyl (C=O) groups excluding carboxylic acids is 2. The monoisotopic (exact) mass is 488 g/mol. The molecule has 0 fully saturated rings. The highest BCUT2D eigenvalue weighted by Crippen LogP contribution is 2.23. The molecule has 178 valence electrons. The number of ketones is 1. The topological polar surface area (TPSA) is 105 Å². The van der Waals surface area contributed by atoms with Crippen LogP contribution in [0.2, 0.25) is 0 Å². The Bertz CT molecular complexity index is 1400. The molecule has 0 radical (unpaired) electrons. The Morgan fingerprint density at radius 2 is 1.49 bits per heavy atom. The van der Waals surface area contributed by atoms with Crippen molar-refractivity contribution in [2.24, 2.45) is 0 Å². The highest BCUT2D eigenvalue weighted by Gasteiger charge is 2.20. The highest BCUT2D eigenvalue weighted by atomic mass is 32.2. The van der Waals surface area contributed by atoms with Gasteiger partial charge in [0.05, 0.1) is 11.2 Å². The van der Waals surface area contributed by atoms with Crippen molar-refractivity contribution >= 4 is 21.7 Å². The number of hydrogen-bond acceptors (Lipinski definition) is 5. The lowest BCUT2D eigenvalue weighted by molar-refractivity contribution is 0.0938. The molecule has 1 unspecified atom stereocenters. The molecule has 0 bridgehead atoms.